The van der Waals surface area contributed by atoms with E-state index in [0.29, 0.717) is 17.4 Å². The fourth-order valence-corrected chi connectivity index (χ4v) is 2.84. The maximum Gasteiger partial charge on any atom is 0.176 e. The van der Waals surface area contributed by atoms with Crippen LogP contribution in [0.5, 0.6) is 0 Å². The van der Waals surface area contributed by atoms with Crippen LogP contribution in [-0.2, 0) is 13.2 Å². The van der Waals surface area contributed by atoms with Crippen LogP contribution in [0.15, 0.2) is 42.6 Å². The molecule has 0 aliphatic carbocycles. The van der Waals surface area contributed by atoms with E-state index < -0.39 is 0 Å². The number of nitrogens with zero attached hydrogens (tertiary/aromatic N) is 5. The predicted molar refractivity (Wildman–Crippen MR) is 82.4 cm³/mol. The number of benzene rings is 1. The summed E-state index contributed by atoms with van der Waals surface area (Å²) in [7, 11) is 0. The summed E-state index contributed by atoms with van der Waals surface area (Å²) in [5, 5.41) is 14.2. The van der Waals surface area contributed by atoms with Crippen LogP contribution in [0.25, 0.3) is 5.69 Å². The molecule has 7 heteroatoms. The second kappa shape index (κ2) is 5.08. The van der Waals surface area contributed by atoms with E-state index in [4.69, 9.17) is 11.6 Å². The van der Waals surface area contributed by atoms with Crippen molar-refractivity contribution >= 4 is 23.1 Å². The number of anilines is 2. The Balaban J connectivity index is 1.91. The van der Waals surface area contributed by atoms with E-state index in [9.17, 15) is 5.11 Å². The summed E-state index contributed by atoms with van der Waals surface area (Å²) in [5.41, 5.74) is 1.68. The monoisotopic (exact) mass is 313 g/mol. The summed E-state index contributed by atoms with van der Waals surface area (Å²) in [6, 6.07) is 11.4. The van der Waals surface area contributed by atoms with Gasteiger partial charge in [-0.25, -0.2) is 14.6 Å². The van der Waals surface area contributed by atoms with E-state index in [0.717, 1.165) is 23.0 Å². The maximum atomic E-state index is 9.27. The Hall–Kier alpha value is -2.44. The molecule has 0 amide bonds. The molecule has 1 aromatic carbocycles. The lowest BCUT2D eigenvalue weighted by atomic mass is 10.2. The molecule has 0 unspecified atom stereocenters. The molecule has 0 atom stereocenters. The van der Waals surface area contributed by atoms with E-state index in [-0.39, 0.29) is 6.61 Å². The maximum absolute atomic E-state index is 9.27. The SMILES string of the molecule is OCc1nc2n(n1)-c1cccnc1N(c1ccccc1Cl)C2. The van der Waals surface area contributed by atoms with Crippen molar-refractivity contribution in [2.24, 2.45) is 0 Å². The number of aliphatic hydroxyl groups excluding tert-OH is 1. The molecular formula is C15H12ClN5O. The number of pyridine rings is 1. The molecule has 3 aromatic rings. The second-order valence-electron chi connectivity index (χ2n) is 4.90. The first-order valence-electron chi connectivity index (χ1n) is 6.81. The summed E-state index contributed by atoms with van der Waals surface area (Å²) < 4.78 is 1.72. The highest BCUT2D eigenvalue weighted by Crippen LogP contribution is 2.37. The molecule has 2 aromatic heterocycles. The smallest absolute Gasteiger partial charge is 0.176 e. The third-order valence-corrected chi connectivity index (χ3v) is 3.87. The minimum Gasteiger partial charge on any atom is -0.388 e. The van der Waals surface area contributed by atoms with Gasteiger partial charge in [0.05, 0.1) is 17.3 Å². The third kappa shape index (κ3) is 1.96. The molecule has 1 aliphatic heterocycles. The summed E-state index contributed by atoms with van der Waals surface area (Å²) in [6.45, 7) is 0.294. The van der Waals surface area contributed by atoms with Crippen LogP contribution in [0, 0.1) is 0 Å². The van der Waals surface area contributed by atoms with Gasteiger partial charge in [-0.05, 0) is 24.3 Å². The molecule has 0 radical (unpaired) electrons. The van der Waals surface area contributed by atoms with Crippen LogP contribution in [0.2, 0.25) is 5.02 Å². The third-order valence-electron chi connectivity index (χ3n) is 3.55. The minimum absolute atomic E-state index is 0.193. The fourth-order valence-electron chi connectivity index (χ4n) is 2.60. The van der Waals surface area contributed by atoms with Crippen LogP contribution >= 0.6 is 11.6 Å². The van der Waals surface area contributed by atoms with E-state index in [1.165, 1.54) is 0 Å². The molecule has 0 saturated carbocycles. The van der Waals surface area contributed by atoms with Gasteiger partial charge >= 0.3 is 0 Å². The zero-order valence-electron chi connectivity index (χ0n) is 11.5. The Kier molecular flexibility index (Phi) is 3.06. The number of aliphatic hydroxyl groups is 1. The van der Waals surface area contributed by atoms with Crippen LogP contribution in [0.4, 0.5) is 11.5 Å². The molecule has 6 nitrogen and oxygen atoms in total. The molecule has 0 fully saturated rings. The van der Waals surface area contributed by atoms with E-state index >= 15 is 0 Å². The van der Waals surface area contributed by atoms with Crippen molar-refractivity contribution in [3.8, 4) is 5.69 Å². The molecule has 110 valence electrons. The van der Waals surface area contributed by atoms with E-state index in [1.807, 2.05) is 41.3 Å². The second-order valence-corrected chi connectivity index (χ2v) is 5.31. The summed E-state index contributed by atoms with van der Waals surface area (Å²) in [6.07, 6.45) is 1.73. The van der Waals surface area contributed by atoms with Gasteiger partial charge in [0.15, 0.2) is 17.5 Å². The average molecular weight is 314 g/mol. The first kappa shape index (κ1) is 13.2. The lowest BCUT2D eigenvalue weighted by Gasteiger charge is -2.30. The van der Waals surface area contributed by atoms with Gasteiger partial charge in [-0.15, -0.1) is 5.10 Å². The molecule has 0 spiro atoms. The number of halogens is 1. The zero-order valence-corrected chi connectivity index (χ0v) is 12.3. The number of aromatic nitrogens is 4. The van der Waals surface area contributed by atoms with Crippen molar-refractivity contribution in [1.29, 1.82) is 0 Å². The van der Waals surface area contributed by atoms with Crippen molar-refractivity contribution in [2.45, 2.75) is 13.2 Å². The highest BCUT2D eigenvalue weighted by atomic mass is 35.5. The number of hydrogen-bond donors (Lipinski definition) is 1. The molecule has 1 aliphatic rings. The first-order valence-corrected chi connectivity index (χ1v) is 7.19. The van der Waals surface area contributed by atoms with Gasteiger partial charge in [0.2, 0.25) is 0 Å². The van der Waals surface area contributed by atoms with Crippen molar-refractivity contribution in [3.05, 3.63) is 59.3 Å². The summed E-state index contributed by atoms with van der Waals surface area (Å²) in [5.74, 6) is 1.90. The van der Waals surface area contributed by atoms with Gasteiger partial charge in [-0.2, -0.15) is 0 Å². The minimum atomic E-state index is -0.193. The number of fused-ring (bicyclic) bond motifs is 3. The normalized spacial score (nSPS) is 12.9. The highest BCUT2D eigenvalue weighted by molar-refractivity contribution is 6.33. The Morgan fingerprint density at radius 1 is 1.14 bits per heavy atom. The van der Waals surface area contributed by atoms with Crippen molar-refractivity contribution in [1.82, 2.24) is 19.7 Å². The van der Waals surface area contributed by atoms with Crippen molar-refractivity contribution < 1.29 is 5.11 Å². The molecule has 1 N–H and O–H groups in total. The van der Waals surface area contributed by atoms with Gasteiger partial charge in [-0.3, -0.25) is 0 Å². The molecule has 3 heterocycles. The number of para-hydroxylation sites is 1. The summed E-state index contributed by atoms with van der Waals surface area (Å²) >= 11 is 6.33. The predicted octanol–water partition coefficient (Wildman–Crippen LogP) is 2.46. The molecule has 4 rings (SSSR count). The van der Waals surface area contributed by atoms with Crippen molar-refractivity contribution in [3.63, 3.8) is 0 Å². The molecule has 0 bridgehead atoms. The van der Waals surface area contributed by atoms with Gasteiger partial charge in [0.1, 0.15) is 12.3 Å². The van der Waals surface area contributed by atoms with Crippen molar-refractivity contribution in [2.75, 3.05) is 4.90 Å². The average Bonchev–Trinajstić information content (AvgIpc) is 2.98. The number of rotatable bonds is 2. The Labute approximate surface area is 131 Å². The van der Waals surface area contributed by atoms with E-state index in [2.05, 4.69) is 15.1 Å². The Morgan fingerprint density at radius 2 is 1.95 bits per heavy atom. The lowest BCUT2D eigenvalue weighted by Crippen LogP contribution is -2.27. The van der Waals surface area contributed by atoms with Crippen LogP contribution < -0.4 is 4.90 Å². The summed E-state index contributed by atoms with van der Waals surface area (Å²) in [4.78, 5) is 10.8. The Morgan fingerprint density at radius 3 is 2.77 bits per heavy atom. The number of hydrogen-bond acceptors (Lipinski definition) is 5. The van der Waals surface area contributed by atoms with Gasteiger partial charge in [0, 0.05) is 6.20 Å². The van der Waals surface area contributed by atoms with Gasteiger partial charge < -0.3 is 10.0 Å². The van der Waals surface area contributed by atoms with Gasteiger partial charge in [0.25, 0.3) is 0 Å². The van der Waals surface area contributed by atoms with Gasteiger partial charge in [-0.1, -0.05) is 23.7 Å². The molecule has 0 saturated heterocycles. The highest BCUT2D eigenvalue weighted by Gasteiger charge is 2.27. The quantitative estimate of drug-likeness (QED) is 0.787. The lowest BCUT2D eigenvalue weighted by molar-refractivity contribution is 0.271. The van der Waals surface area contributed by atoms with E-state index in [1.54, 1.807) is 10.9 Å². The molecular weight excluding hydrogens is 302 g/mol. The van der Waals surface area contributed by atoms with Crippen LogP contribution in [-0.4, -0.2) is 24.9 Å². The van der Waals surface area contributed by atoms with Crippen LogP contribution in [0.1, 0.15) is 11.6 Å². The Bertz CT molecular complexity index is 847. The molecule has 22 heavy (non-hydrogen) atoms. The largest absolute Gasteiger partial charge is 0.388 e. The first-order chi connectivity index (χ1) is 10.8. The van der Waals surface area contributed by atoms with Crippen LogP contribution in [0.3, 0.4) is 0 Å². The topological polar surface area (TPSA) is 67.1 Å². The standard InChI is InChI=1S/C15H12ClN5O/c16-10-4-1-2-5-11(10)20-8-14-18-13(9-22)19-21(14)12-6-3-7-17-15(12)20/h1-7,22H,8-9H2. The zero-order chi connectivity index (χ0) is 15.1. The fraction of sp³-hybridized carbons (Fsp3) is 0.133.